The molecular formula is C14H18N4O2S. The fraction of sp³-hybridized carbons (Fsp3) is 0.357. The zero-order valence-electron chi connectivity index (χ0n) is 11.6. The van der Waals surface area contributed by atoms with E-state index < -0.39 is 0 Å². The Labute approximate surface area is 127 Å². The second kappa shape index (κ2) is 8.21. The SMILES string of the molecule is O=C(CCNC(=O)c1ccsc1)NCCCn1ccnc1. The number of nitrogens with zero attached hydrogens (tertiary/aromatic N) is 2. The minimum Gasteiger partial charge on any atom is -0.356 e. The molecule has 2 aromatic rings. The summed E-state index contributed by atoms with van der Waals surface area (Å²) >= 11 is 1.47. The van der Waals surface area contributed by atoms with Gasteiger partial charge in [0.1, 0.15) is 0 Å². The highest BCUT2D eigenvalue weighted by Gasteiger charge is 2.06. The molecule has 2 heterocycles. The van der Waals surface area contributed by atoms with Crippen molar-refractivity contribution in [2.45, 2.75) is 19.4 Å². The number of carbonyl (C=O) groups excluding carboxylic acids is 2. The van der Waals surface area contributed by atoms with Crippen LogP contribution in [0.25, 0.3) is 0 Å². The van der Waals surface area contributed by atoms with Gasteiger partial charge in [0, 0.05) is 49.4 Å². The van der Waals surface area contributed by atoms with Crippen LogP contribution in [0.2, 0.25) is 0 Å². The number of hydrogen-bond donors (Lipinski definition) is 2. The van der Waals surface area contributed by atoms with Crippen LogP contribution < -0.4 is 10.6 Å². The zero-order chi connectivity index (χ0) is 14.9. The van der Waals surface area contributed by atoms with Crippen LogP contribution in [0.4, 0.5) is 0 Å². The molecule has 0 fully saturated rings. The summed E-state index contributed by atoms with van der Waals surface area (Å²) in [4.78, 5) is 27.2. The predicted octanol–water partition coefficient (Wildman–Crippen LogP) is 1.27. The smallest absolute Gasteiger partial charge is 0.252 e. The summed E-state index contributed by atoms with van der Waals surface area (Å²) in [5.41, 5.74) is 0.640. The van der Waals surface area contributed by atoms with Gasteiger partial charge in [-0.15, -0.1) is 0 Å². The Hall–Kier alpha value is -2.15. The lowest BCUT2D eigenvalue weighted by molar-refractivity contribution is -0.120. The first-order valence-electron chi connectivity index (χ1n) is 6.78. The highest BCUT2D eigenvalue weighted by Crippen LogP contribution is 2.04. The van der Waals surface area contributed by atoms with E-state index in [1.165, 1.54) is 11.3 Å². The third-order valence-corrected chi connectivity index (χ3v) is 3.58. The van der Waals surface area contributed by atoms with Crippen molar-refractivity contribution in [1.29, 1.82) is 0 Å². The molecule has 0 unspecified atom stereocenters. The average molecular weight is 306 g/mol. The van der Waals surface area contributed by atoms with Gasteiger partial charge in [0.2, 0.25) is 5.91 Å². The molecule has 112 valence electrons. The van der Waals surface area contributed by atoms with Crippen molar-refractivity contribution in [3.05, 3.63) is 41.1 Å². The van der Waals surface area contributed by atoms with E-state index in [0.717, 1.165) is 13.0 Å². The van der Waals surface area contributed by atoms with E-state index in [1.807, 2.05) is 16.1 Å². The number of aromatic nitrogens is 2. The number of thiophene rings is 1. The molecule has 0 spiro atoms. The number of aryl methyl sites for hydroxylation is 1. The lowest BCUT2D eigenvalue weighted by Gasteiger charge is -2.06. The second-order valence-corrected chi connectivity index (χ2v) is 5.30. The van der Waals surface area contributed by atoms with Crippen molar-refractivity contribution in [1.82, 2.24) is 20.2 Å². The molecular weight excluding hydrogens is 288 g/mol. The fourth-order valence-electron chi connectivity index (χ4n) is 1.78. The van der Waals surface area contributed by atoms with Gasteiger partial charge in [-0.1, -0.05) is 0 Å². The van der Waals surface area contributed by atoms with Crippen LogP contribution in [0.5, 0.6) is 0 Å². The third kappa shape index (κ3) is 5.39. The summed E-state index contributed by atoms with van der Waals surface area (Å²) in [7, 11) is 0. The molecule has 2 rings (SSSR count). The molecule has 2 aromatic heterocycles. The molecule has 0 saturated carbocycles. The molecule has 21 heavy (non-hydrogen) atoms. The van der Waals surface area contributed by atoms with Crippen molar-refractivity contribution in [2.75, 3.05) is 13.1 Å². The van der Waals surface area contributed by atoms with Crippen LogP contribution in [0, 0.1) is 0 Å². The minimum absolute atomic E-state index is 0.0498. The van der Waals surface area contributed by atoms with Crippen LogP contribution >= 0.6 is 11.3 Å². The molecule has 0 bridgehead atoms. The number of carbonyl (C=O) groups is 2. The van der Waals surface area contributed by atoms with Gasteiger partial charge in [0.15, 0.2) is 0 Å². The van der Waals surface area contributed by atoms with Gasteiger partial charge in [-0.3, -0.25) is 9.59 Å². The molecule has 7 heteroatoms. The fourth-order valence-corrected chi connectivity index (χ4v) is 2.42. The topological polar surface area (TPSA) is 76.0 Å². The lowest BCUT2D eigenvalue weighted by Crippen LogP contribution is -2.31. The molecule has 0 atom stereocenters. The van der Waals surface area contributed by atoms with Crippen molar-refractivity contribution in [3.8, 4) is 0 Å². The molecule has 0 radical (unpaired) electrons. The van der Waals surface area contributed by atoms with Gasteiger partial charge in [-0.05, 0) is 17.9 Å². The summed E-state index contributed by atoms with van der Waals surface area (Å²) in [5, 5.41) is 9.19. The van der Waals surface area contributed by atoms with Gasteiger partial charge in [-0.25, -0.2) is 4.98 Å². The maximum atomic E-state index is 11.6. The second-order valence-electron chi connectivity index (χ2n) is 4.52. The Bertz CT molecular complexity index is 552. The Kier molecular flexibility index (Phi) is 5.96. The van der Waals surface area contributed by atoms with Gasteiger partial charge in [-0.2, -0.15) is 11.3 Å². The molecule has 2 amide bonds. The number of imidazole rings is 1. The quantitative estimate of drug-likeness (QED) is 0.721. The maximum absolute atomic E-state index is 11.6. The molecule has 2 N–H and O–H groups in total. The summed E-state index contributed by atoms with van der Waals surface area (Å²) in [6.45, 7) is 1.80. The minimum atomic E-state index is -0.135. The van der Waals surface area contributed by atoms with E-state index in [-0.39, 0.29) is 11.8 Å². The first kappa shape index (κ1) is 15.2. The first-order valence-corrected chi connectivity index (χ1v) is 7.73. The number of nitrogens with one attached hydrogen (secondary N) is 2. The number of rotatable bonds is 8. The van der Waals surface area contributed by atoms with Gasteiger partial charge in [0.05, 0.1) is 6.33 Å². The van der Waals surface area contributed by atoms with Crippen molar-refractivity contribution in [3.63, 3.8) is 0 Å². The van der Waals surface area contributed by atoms with E-state index in [2.05, 4.69) is 15.6 Å². The maximum Gasteiger partial charge on any atom is 0.252 e. The molecule has 0 aliphatic heterocycles. The molecule has 0 aliphatic carbocycles. The van der Waals surface area contributed by atoms with E-state index in [1.54, 1.807) is 24.0 Å². The largest absolute Gasteiger partial charge is 0.356 e. The molecule has 6 nitrogen and oxygen atoms in total. The van der Waals surface area contributed by atoms with Gasteiger partial charge in [0.25, 0.3) is 5.91 Å². The normalized spacial score (nSPS) is 10.3. The van der Waals surface area contributed by atoms with Crippen molar-refractivity contribution in [2.24, 2.45) is 0 Å². The average Bonchev–Trinajstić information content (AvgIpc) is 3.16. The molecule has 0 aromatic carbocycles. The van der Waals surface area contributed by atoms with Crippen LogP contribution in [-0.2, 0) is 11.3 Å². The van der Waals surface area contributed by atoms with E-state index in [0.29, 0.717) is 25.1 Å². The Morgan fingerprint density at radius 3 is 2.90 bits per heavy atom. The first-order chi connectivity index (χ1) is 10.3. The highest BCUT2D eigenvalue weighted by atomic mass is 32.1. The third-order valence-electron chi connectivity index (χ3n) is 2.90. The molecule has 0 aliphatic rings. The van der Waals surface area contributed by atoms with E-state index >= 15 is 0 Å². The van der Waals surface area contributed by atoms with Crippen LogP contribution in [-0.4, -0.2) is 34.5 Å². The van der Waals surface area contributed by atoms with Crippen molar-refractivity contribution >= 4 is 23.2 Å². The van der Waals surface area contributed by atoms with E-state index in [4.69, 9.17) is 0 Å². The highest BCUT2D eigenvalue weighted by molar-refractivity contribution is 7.08. The zero-order valence-corrected chi connectivity index (χ0v) is 12.4. The Morgan fingerprint density at radius 1 is 1.29 bits per heavy atom. The van der Waals surface area contributed by atoms with Gasteiger partial charge >= 0.3 is 0 Å². The van der Waals surface area contributed by atoms with E-state index in [9.17, 15) is 9.59 Å². The lowest BCUT2D eigenvalue weighted by atomic mass is 10.3. The molecule has 0 saturated heterocycles. The summed E-state index contributed by atoms with van der Waals surface area (Å²) in [5.74, 6) is -0.185. The standard InChI is InChI=1S/C14H18N4O2S/c19-13(16-4-1-7-18-8-6-15-11-18)2-5-17-14(20)12-3-9-21-10-12/h3,6,8-11H,1-2,4-5,7H2,(H,16,19)(H,17,20). The summed E-state index contributed by atoms with van der Waals surface area (Å²) < 4.78 is 1.97. The van der Waals surface area contributed by atoms with Crippen LogP contribution in [0.3, 0.4) is 0 Å². The van der Waals surface area contributed by atoms with Crippen molar-refractivity contribution < 1.29 is 9.59 Å². The monoisotopic (exact) mass is 306 g/mol. The number of amides is 2. The predicted molar refractivity (Wildman–Crippen MR) is 81.1 cm³/mol. The summed E-state index contributed by atoms with van der Waals surface area (Å²) in [6.07, 6.45) is 6.52. The van der Waals surface area contributed by atoms with Gasteiger partial charge < -0.3 is 15.2 Å². The van der Waals surface area contributed by atoms with Crippen LogP contribution in [0.1, 0.15) is 23.2 Å². The number of hydrogen-bond acceptors (Lipinski definition) is 4. The Balaban J connectivity index is 1.52. The van der Waals surface area contributed by atoms with Crippen LogP contribution in [0.15, 0.2) is 35.5 Å². The summed E-state index contributed by atoms with van der Waals surface area (Å²) in [6, 6.07) is 1.76. The Morgan fingerprint density at radius 2 is 2.19 bits per heavy atom.